The van der Waals surface area contributed by atoms with Crippen molar-refractivity contribution >= 4 is 16.7 Å². The molecule has 2 unspecified atom stereocenters. The minimum absolute atomic E-state index is 0.184. The Labute approximate surface area is 188 Å². The standard InChI is InChI=1S/C26H29NO5/c1-30-22-15-24(32-3)23(31-2)14-21(22)25(27-12-6-9-20(16-27)26(28)29)19-11-10-17-7-4-5-8-18(17)13-19/h4-5,7-8,10-11,13-15,20,25H,6,9,12,16H2,1-3H3,(H,28,29). The van der Waals surface area contributed by atoms with Crippen LogP contribution in [0, 0.1) is 5.92 Å². The Kier molecular flexibility index (Phi) is 6.51. The Morgan fingerprint density at radius 2 is 1.62 bits per heavy atom. The first-order valence-electron chi connectivity index (χ1n) is 10.8. The molecule has 0 saturated carbocycles. The van der Waals surface area contributed by atoms with Crippen LogP contribution < -0.4 is 14.2 Å². The number of carboxylic acids is 1. The largest absolute Gasteiger partial charge is 0.496 e. The van der Waals surface area contributed by atoms with Crippen LogP contribution >= 0.6 is 0 Å². The highest BCUT2D eigenvalue weighted by Gasteiger charge is 2.33. The van der Waals surface area contributed by atoms with Crippen molar-refractivity contribution in [2.24, 2.45) is 5.92 Å². The molecule has 6 nitrogen and oxygen atoms in total. The lowest BCUT2D eigenvalue weighted by Crippen LogP contribution is -2.41. The summed E-state index contributed by atoms with van der Waals surface area (Å²) in [5.41, 5.74) is 2.01. The third-order valence-corrected chi connectivity index (χ3v) is 6.29. The minimum Gasteiger partial charge on any atom is -0.496 e. The van der Waals surface area contributed by atoms with E-state index in [1.54, 1.807) is 21.3 Å². The molecular weight excluding hydrogens is 406 g/mol. The summed E-state index contributed by atoms with van der Waals surface area (Å²) in [7, 11) is 4.85. The van der Waals surface area contributed by atoms with E-state index in [9.17, 15) is 9.90 Å². The monoisotopic (exact) mass is 435 g/mol. The number of fused-ring (bicyclic) bond motifs is 1. The predicted molar refractivity (Wildman–Crippen MR) is 124 cm³/mol. The summed E-state index contributed by atoms with van der Waals surface area (Å²) < 4.78 is 16.8. The predicted octanol–water partition coefficient (Wildman–Crippen LogP) is 4.75. The van der Waals surface area contributed by atoms with Crippen molar-refractivity contribution in [3.63, 3.8) is 0 Å². The topological polar surface area (TPSA) is 68.2 Å². The zero-order valence-corrected chi connectivity index (χ0v) is 18.7. The number of rotatable bonds is 7. The molecular formula is C26H29NO5. The van der Waals surface area contributed by atoms with Crippen molar-refractivity contribution in [1.82, 2.24) is 4.90 Å². The van der Waals surface area contributed by atoms with Crippen LogP contribution in [0.15, 0.2) is 54.6 Å². The Morgan fingerprint density at radius 3 is 2.31 bits per heavy atom. The van der Waals surface area contributed by atoms with Gasteiger partial charge in [-0.3, -0.25) is 9.69 Å². The van der Waals surface area contributed by atoms with Gasteiger partial charge in [-0.15, -0.1) is 0 Å². The number of hydrogen-bond donors (Lipinski definition) is 1. The maximum atomic E-state index is 11.8. The zero-order chi connectivity index (χ0) is 22.7. The van der Waals surface area contributed by atoms with Gasteiger partial charge in [-0.05, 0) is 47.9 Å². The number of piperidine rings is 1. The lowest BCUT2D eigenvalue weighted by Gasteiger charge is -2.38. The number of benzene rings is 3. The van der Waals surface area contributed by atoms with Crippen LogP contribution in [0.4, 0.5) is 0 Å². The van der Waals surface area contributed by atoms with Crippen molar-refractivity contribution in [3.8, 4) is 17.2 Å². The van der Waals surface area contributed by atoms with E-state index in [1.807, 2.05) is 24.3 Å². The molecule has 0 bridgehead atoms. The second-order valence-electron chi connectivity index (χ2n) is 8.13. The molecule has 1 saturated heterocycles. The molecule has 0 aliphatic carbocycles. The van der Waals surface area contributed by atoms with E-state index >= 15 is 0 Å². The SMILES string of the molecule is COc1cc(OC)c(C(c2ccc3ccccc3c2)N2CCCC(C(=O)O)C2)cc1OC. The van der Waals surface area contributed by atoms with E-state index in [-0.39, 0.29) is 6.04 Å². The summed E-state index contributed by atoms with van der Waals surface area (Å²) >= 11 is 0. The third-order valence-electron chi connectivity index (χ3n) is 6.29. The summed E-state index contributed by atoms with van der Waals surface area (Å²) in [5.74, 6) is 0.746. The number of methoxy groups -OCH3 is 3. The summed E-state index contributed by atoms with van der Waals surface area (Å²) in [4.78, 5) is 14.0. The van der Waals surface area contributed by atoms with Gasteiger partial charge in [-0.1, -0.05) is 36.4 Å². The van der Waals surface area contributed by atoms with E-state index in [4.69, 9.17) is 14.2 Å². The van der Waals surface area contributed by atoms with E-state index < -0.39 is 11.9 Å². The summed E-state index contributed by atoms with van der Waals surface area (Å²) in [5, 5.41) is 12.0. The van der Waals surface area contributed by atoms with Gasteiger partial charge in [0.25, 0.3) is 0 Å². The fraction of sp³-hybridized carbons (Fsp3) is 0.346. The average Bonchev–Trinajstić information content (AvgIpc) is 2.84. The van der Waals surface area contributed by atoms with Crippen LogP contribution in [0.25, 0.3) is 10.8 Å². The molecule has 1 aliphatic rings. The van der Waals surface area contributed by atoms with Crippen LogP contribution in [-0.4, -0.2) is 50.4 Å². The first kappa shape index (κ1) is 22.0. The number of carbonyl (C=O) groups is 1. The minimum atomic E-state index is -0.744. The van der Waals surface area contributed by atoms with Crippen molar-refractivity contribution in [3.05, 3.63) is 65.7 Å². The molecule has 1 N–H and O–H groups in total. The second-order valence-corrected chi connectivity index (χ2v) is 8.13. The molecule has 32 heavy (non-hydrogen) atoms. The molecule has 1 fully saturated rings. The number of nitrogens with zero attached hydrogens (tertiary/aromatic N) is 1. The highest BCUT2D eigenvalue weighted by Crippen LogP contribution is 2.43. The first-order chi connectivity index (χ1) is 15.5. The third kappa shape index (κ3) is 4.23. The van der Waals surface area contributed by atoms with Crippen LogP contribution in [0.3, 0.4) is 0 Å². The molecule has 0 amide bonds. The van der Waals surface area contributed by atoms with Crippen LogP contribution in [0.1, 0.15) is 30.0 Å². The quantitative estimate of drug-likeness (QED) is 0.578. The average molecular weight is 436 g/mol. The van der Waals surface area contributed by atoms with Crippen molar-refractivity contribution in [1.29, 1.82) is 0 Å². The maximum Gasteiger partial charge on any atom is 0.307 e. The number of aliphatic carboxylic acids is 1. The normalized spacial score (nSPS) is 17.7. The van der Waals surface area contributed by atoms with Gasteiger partial charge in [0, 0.05) is 18.2 Å². The Balaban J connectivity index is 1.88. The van der Waals surface area contributed by atoms with E-state index in [0.29, 0.717) is 30.2 Å². The Morgan fingerprint density at radius 1 is 0.938 bits per heavy atom. The summed E-state index contributed by atoms with van der Waals surface area (Å²) in [6, 6.07) is 18.2. The summed E-state index contributed by atoms with van der Waals surface area (Å²) in [6.07, 6.45) is 1.52. The van der Waals surface area contributed by atoms with E-state index in [2.05, 4.69) is 35.2 Å². The number of hydrogen-bond acceptors (Lipinski definition) is 5. The molecule has 0 spiro atoms. The van der Waals surface area contributed by atoms with Crippen molar-refractivity contribution in [2.75, 3.05) is 34.4 Å². The van der Waals surface area contributed by atoms with Gasteiger partial charge in [-0.2, -0.15) is 0 Å². The molecule has 2 atom stereocenters. The van der Waals surface area contributed by atoms with Gasteiger partial charge in [0.2, 0.25) is 0 Å². The van der Waals surface area contributed by atoms with Gasteiger partial charge in [0.1, 0.15) is 5.75 Å². The second kappa shape index (κ2) is 9.49. The van der Waals surface area contributed by atoms with Gasteiger partial charge in [0.15, 0.2) is 11.5 Å². The molecule has 3 aromatic rings. The zero-order valence-electron chi connectivity index (χ0n) is 18.7. The van der Waals surface area contributed by atoms with Crippen LogP contribution in [0.5, 0.6) is 17.2 Å². The fourth-order valence-electron chi connectivity index (χ4n) is 4.67. The Hall–Kier alpha value is -3.25. The highest BCUT2D eigenvalue weighted by molar-refractivity contribution is 5.83. The van der Waals surface area contributed by atoms with Crippen LogP contribution in [0.2, 0.25) is 0 Å². The number of ether oxygens (including phenoxy) is 3. The van der Waals surface area contributed by atoms with Crippen LogP contribution in [-0.2, 0) is 4.79 Å². The summed E-state index contributed by atoms with van der Waals surface area (Å²) in [6.45, 7) is 1.28. The fourth-order valence-corrected chi connectivity index (χ4v) is 4.67. The van der Waals surface area contributed by atoms with Gasteiger partial charge in [-0.25, -0.2) is 0 Å². The highest BCUT2D eigenvalue weighted by atomic mass is 16.5. The number of carboxylic acid groups (broad SMARTS) is 1. The lowest BCUT2D eigenvalue weighted by molar-refractivity contribution is -0.143. The van der Waals surface area contributed by atoms with Crippen molar-refractivity contribution < 1.29 is 24.1 Å². The maximum absolute atomic E-state index is 11.8. The van der Waals surface area contributed by atoms with E-state index in [0.717, 1.165) is 34.9 Å². The van der Waals surface area contributed by atoms with Gasteiger partial charge < -0.3 is 19.3 Å². The van der Waals surface area contributed by atoms with E-state index in [1.165, 1.54) is 0 Å². The molecule has 1 heterocycles. The number of likely N-dealkylation sites (tertiary alicyclic amines) is 1. The molecule has 168 valence electrons. The first-order valence-corrected chi connectivity index (χ1v) is 10.8. The lowest BCUT2D eigenvalue weighted by atomic mass is 9.90. The molecule has 3 aromatic carbocycles. The Bertz CT molecular complexity index is 1110. The molecule has 6 heteroatoms. The van der Waals surface area contributed by atoms with Gasteiger partial charge >= 0.3 is 5.97 Å². The van der Waals surface area contributed by atoms with Crippen molar-refractivity contribution in [2.45, 2.75) is 18.9 Å². The smallest absolute Gasteiger partial charge is 0.307 e. The molecule has 0 aromatic heterocycles. The molecule has 0 radical (unpaired) electrons. The molecule has 1 aliphatic heterocycles. The molecule has 4 rings (SSSR count). The van der Waals surface area contributed by atoms with Gasteiger partial charge in [0.05, 0.1) is 33.3 Å².